The van der Waals surface area contributed by atoms with Crippen LogP contribution in [0.1, 0.15) is 36.8 Å². The Labute approximate surface area is 317 Å². The lowest BCUT2D eigenvalue weighted by Crippen LogP contribution is -2.48. The summed E-state index contributed by atoms with van der Waals surface area (Å²) in [6, 6.07) is 19.5. The predicted octanol–water partition coefficient (Wildman–Crippen LogP) is 7.31. The van der Waals surface area contributed by atoms with Crippen molar-refractivity contribution in [3.8, 4) is 16.3 Å². The number of nitro groups is 1. The topological polar surface area (TPSA) is 156 Å². The van der Waals surface area contributed by atoms with Crippen LogP contribution in [-0.4, -0.2) is 43.4 Å². The molecule has 54 heavy (non-hydrogen) atoms. The number of phenols is 1. The minimum Gasteiger partial charge on any atom is -0.508 e. The quantitative estimate of drug-likeness (QED) is 0.0846. The smallest absolute Gasteiger partial charge is 0.271 e. The van der Waals surface area contributed by atoms with Crippen LogP contribution in [0.3, 0.4) is 0 Å². The SMILES string of the molecule is Cc1c(-c2cc(N3C(=O)C4CC5C(=CCC6C(=O)N(c7cccc([N+](=O)[O-])c7)C(=O)C65)C(c5cccc(O)c5)C4(C)C3=O)n(C)n2)sc2ccc(Cl)cc12. The number of imide groups is 2. The van der Waals surface area contributed by atoms with Gasteiger partial charge in [0, 0.05) is 40.9 Å². The van der Waals surface area contributed by atoms with Gasteiger partial charge in [-0.05, 0) is 85.5 Å². The van der Waals surface area contributed by atoms with Crippen molar-refractivity contribution in [2.45, 2.75) is 32.6 Å². The van der Waals surface area contributed by atoms with Crippen molar-refractivity contribution < 1.29 is 29.2 Å². The fourth-order valence-electron chi connectivity index (χ4n) is 9.53. The lowest BCUT2D eigenvalue weighted by molar-refractivity contribution is -0.384. The molecule has 4 heterocycles. The first kappa shape index (κ1) is 34.1. The Morgan fingerprint density at radius 3 is 2.50 bits per heavy atom. The Bertz CT molecular complexity index is 2560. The number of rotatable bonds is 5. The summed E-state index contributed by atoms with van der Waals surface area (Å²) in [5, 5.41) is 28.6. The second-order valence-electron chi connectivity index (χ2n) is 14.8. The predicted molar refractivity (Wildman–Crippen MR) is 202 cm³/mol. The number of halogens is 1. The number of hydrogen-bond donors (Lipinski definition) is 1. The van der Waals surface area contributed by atoms with Gasteiger partial charge < -0.3 is 5.11 Å². The molecule has 5 aromatic rings. The molecular formula is C40H32ClN5O7S. The number of nitro benzene ring substituents is 1. The van der Waals surface area contributed by atoms with E-state index in [2.05, 4.69) is 0 Å². The lowest BCUT2D eigenvalue weighted by atomic mass is 9.51. The number of hydrogen-bond acceptors (Lipinski definition) is 9. The van der Waals surface area contributed by atoms with Gasteiger partial charge in [-0.1, -0.05) is 41.4 Å². The second-order valence-corrected chi connectivity index (χ2v) is 16.2. The Hall–Kier alpha value is -5.66. The van der Waals surface area contributed by atoms with E-state index >= 15 is 4.79 Å². The number of fused-ring (bicyclic) bond motifs is 5. The standard InChI is InChI=1S/C40H32ClN5O7S/c1-19-27-15-21(41)10-13-31(27)54-35(19)30-18-32(43(3)42-30)45-37(49)29-17-28-25(34(40(29,2)39(45)51)20-6-4-9-24(47)14-20)11-12-26-33(28)38(50)44(36(26)48)22-7-5-8-23(16-22)46(52)53/h4-11,13-16,18,26,28-29,33-34,47H,12,17H2,1-3H3. The number of aromatic nitrogens is 2. The summed E-state index contributed by atoms with van der Waals surface area (Å²) in [6.45, 7) is 3.77. The molecule has 2 aliphatic heterocycles. The number of allylic oxidation sites excluding steroid dienone is 2. The fraction of sp³-hybridized carbons (Fsp3) is 0.275. The third kappa shape index (κ3) is 4.70. The first-order chi connectivity index (χ1) is 25.8. The van der Waals surface area contributed by atoms with Gasteiger partial charge in [0.15, 0.2) is 0 Å². The summed E-state index contributed by atoms with van der Waals surface area (Å²) >= 11 is 7.84. The zero-order valence-corrected chi connectivity index (χ0v) is 30.8. The highest BCUT2D eigenvalue weighted by molar-refractivity contribution is 7.22. The maximum atomic E-state index is 15.0. The Morgan fingerprint density at radius 1 is 0.963 bits per heavy atom. The normalized spacial score (nSPS) is 26.3. The van der Waals surface area contributed by atoms with Crippen molar-refractivity contribution in [1.82, 2.24) is 9.78 Å². The largest absolute Gasteiger partial charge is 0.508 e. The number of anilines is 2. The van der Waals surface area contributed by atoms with Crippen LogP contribution in [0.5, 0.6) is 5.75 Å². The number of amides is 4. The van der Waals surface area contributed by atoms with Crippen molar-refractivity contribution >= 4 is 73.8 Å². The van der Waals surface area contributed by atoms with E-state index in [1.165, 1.54) is 39.9 Å². The molecule has 0 bridgehead atoms. The van der Waals surface area contributed by atoms with Crippen molar-refractivity contribution in [1.29, 1.82) is 0 Å². The minimum absolute atomic E-state index is 0.0158. The van der Waals surface area contributed by atoms with Gasteiger partial charge in [0.25, 0.3) is 5.69 Å². The zero-order chi connectivity index (χ0) is 38.0. The number of nitrogens with zero attached hydrogens (tertiary/aromatic N) is 5. The molecule has 3 fully saturated rings. The third-order valence-corrected chi connectivity index (χ3v) is 13.5. The molecule has 6 atom stereocenters. The molecule has 0 radical (unpaired) electrons. The Morgan fingerprint density at radius 2 is 1.74 bits per heavy atom. The molecule has 1 saturated carbocycles. The van der Waals surface area contributed by atoms with E-state index in [4.69, 9.17) is 16.7 Å². The highest BCUT2D eigenvalue weighted by Crippen LogP contribution is 2.64. The molecule has 1 N–H and O–H groups in total. The van der Waals surface area contributed by atoms with Gasteiger partial charge in [0.05, 0.1) is 38.7 Å². The number of carbonyl (C=O) groups is 4. The highest BCUT2D eigenvalue weighted by atomic mass is 35.5. The van der Waals surface area contributed by atoms with E-state index in [1.54, 1.807) is 49.6 Å². The maximum Gasteiger partial charge on any atom is 0.271 e. The summed E-state index contributed by atoms with van der Waals surface area (Å²) in [5.41, 5.74) is 1.49. The molecule has 12 nitrogen and oxygen atoms in total. The third-order valence-electron chi connectivity index (χ3n) is 12.0. The van der Waals surface area contributed by atoms with Gasteiger partial charge in [-0.3, -0.25) is 34.0 Å². The van der Waals surface area contributed by atoms with Crippen molar-refractivity contribution in [3.63, 3.8) is 0 Å². The van der Waals surface area contributed by atoms with Gasteiger partial charge in [-0.2, -0.15) is 5.10 Å². The molecule has 4 amide bonds. The van der Waals surface area contributed by atoms with Gasteiger partial charge in [-0.15, -0.1) is 11.3 Å². The number of aryl methyl sites for hydroxylation is 2. The molecule has 2 aromatic heterocycles. The summed E-state index contributed by atoms with van der Waals surface area (Å²) in [5.74, 6) is -5.33. The van der Waals surface area contributed by atoms with E-state index in [1.807, 2.05) is 31.2 Å². The molecule has 272 valence electrons. The summed E-state index contributed by atoms with van der Waals surface area (Å²) in [6.07, 6.45) is 2.25. The lowest BCUT2D eigenvalue weighted by Gasteiger charge is -2.49. The number of thiophene rings is 1. The number of aromatic hydroxyl groups is 1. The summed E-state index contributed by atoms with van der Waals surface area (Å²) in [7, 11) is 1.69. The first-order valence-electron chi connectivity index (χ1n) is 17.5. The Balaban J connectivity index is 1.14. The molecule has 2 aliphatic carbocycles. The number of non-ortho nitro benzene ring substituents is 1. The monoisotopic (exact) mass is 761 g/mol. The van der Waals surface area contributed by atoms with Gasteiger partial charge in [0.2, 0.25) is 23.6 Å². The van der Waals surface area contributed by atoms with Gasteiger partial charge in [-0.25, -0.2) is 9.80 Å². The summed E-state index contributed by atoms with van der Waals surface area (Å²) < 4.78 is 2.56. The Kier molecular flexibility index (Phi) is 7.54. The summed E-state index contributed by atoms with van der Waals surface area (Å²) in [4.78, 5) is 72.2. The van der Waals surface area contributed by atoms with E-state index < -0.39 is 63.6 Å². The van der Waals surface area contributed by atoms with Crippen LogP contribution >= 0.6 is 22.9 Å². The van der Waals surface area contributed by atoms with Crippen LogP contribution in [-0.2, 0) is 26.2 Å². The van der Waals surface area contributed by atoms with Crippen LogP contribution in [0.4, 0.5) is 17.2 Å². The van der Waals surface area contributed by atoms with Gasteiger partial charge >= 0.3 is 0 Å². The number of carbonyl (C=O) groups excluding carboxylic acids is 4. The van der Waals surface area contributed by atoms with Crippen molar-refractivity contribution in [2.24, 2.45) is 36.1 Å². The zero-order valence-electron chi connectivity index (χ0n) is 29.2. The van der Waals surface area contributed by atoms with E-state index in [-0.39, 0.29) is 30.0 Å². The molecule has 2 saturated heterocycles. The van der Waals surface area contributed by atoms with Crippen LogP contribution in [0.15, 0.2) is 84.4 Å². The molecule has 0 spiro atoms. The maximum absolute atomic E-state index is 15.0. The highest BCUT2D eigenvalue weighted by Gasteiger charge is 2.68. The first-order valence-corrected chi connectivity index (χ1v) is 18.7. The molecule has 4 aliphatic rings. The van der Waals surface area contributed by atoms with Crippen LogP contribution in [0.2, 0.25) is 5.02 Å². The average Bonchev–Trinajstić information content (AvgIpc) is 3.81. The van der Waals surface area contributed by atoms with E-state index in [9.17, 15) is 29.6 Å². The van der Waals surface area contributed by atoms with Crippen LogP contribution < -0.4 is 9.80 Å². The van der Waals surface area contributed by atoms with Gasteiger partial charge in [0.1, 0.15) is 17.3 Å². The van der Waals surface area contributed by atoms with Crippen LogP contribution in [0, 0.1) is 46.1 Å². The average molecular weight is 762 g/mol. The van der Waals surface area contributed by atoms with E-state index in [0.717, 1.165) is 31.0 Å². The second kappa shape index (κ2) is 11.9. The number of phenolic OH excluding ortho intramolecular Hbond substituents is 1. The molecule has 6 unspecified atom stereocenters. The molecule has 3 aromatic carbocycles. The number of benzene rings is 3. The molecule has 14 heteroatoms. The minimum atomic E-state index is -1.32. The van der Waals surface area contributed by atoms with Crippen molar-refractivity contribution in [2.75, 3.05) is 9.80 Å². The van der Waals surface area contributed by atoms with Crippen molar-refractivity contribution in [3.05, 3.63) is 111 Å². The fourth-order valence-corrected chi connectivity index (χ4v) is 10.9. The molecule has 9 rings (SSSR count). The van der Waals surface area contributed by atoms with Crippen LogP contribution in [0.25, 0.3) is 20.7 Å². The molecular weight excluding hydrogens is 730 g/mol. The van der Waals surface area contributed by atoms with E-state index in [0.29, 0.717) is 22.1 Å².